The predicted molar refractivity (Wildman–Crippen MR) is 136 cm³/mol. The molecule has 0 bridgehead atoms. The van der Waals surface area contributed by atoms with Gasteiger partial charge >= 0.3 is 0 Å². The normalized spacial score (nSPS) is 14.9. The number of morpholine rings is 1. The first-order valence-corrected chi connectivity index (χ1v) is 12.1. The van der Waals surface area contributed by atoms with Crippen LogP contribution in [0.2, 0.25) is 0 Å². The van der Waals surface area contributed by atoms with Crippen LogP contribution in [0, 0.1) is 0 Å². The molecule has 1 aliphatic heterocycles. The van der Waals surface area contributed by atoms with E-state index in [0.29, 0.717) is 50.7 Å². The number of carbonyl (C=O) groups excluding carboxylic acids is 1. The number of ether oxygens (including phenoxy) is 4. The molecular formula is C28H34N2O5. The van der Waals surface area contributed by atoms with Gasteiger partial charge in [-0.3, -0.25) is 9.69 Å². The van der Waals surface area contributed by atoms with E-state index >= 15 is 0 Å². The molecule has 1 saturated heterocycles. The average molecular weight is 479 g/mol. The Bertz CT molecular complexity index is 1110. The van der Waals surface area contributed by atoms with Crippen LogP contribution in [0.25, 0.3) is 10.8 Å². The van der Waals surface area contributed by atoms with Gasteiger partial charge in [0, 0.05) is 31.4 Å². The van der Waals surface area contributed by atoms with Crippen molar-refractivity contribution < 1.29 is 23.7 Å². The highest BCUT2D eigenvalue weighted by atomic mass is 16.5. The van der Waals surface area contributed by atoms with Crippen molar-refractivity contribution >= 4 is 16.7 Å². The summed E-state index contributed by atoms with van der Waals surface area (Å²) in [5, 5.41) is 5.36. The Morgan fingerprint density at radius 1 is 0.971 bits per heavy atom. The van der Waals surface area contributed by atoms with Gasteiger partial charge in [0.1, 0.15) is 5.75 Å². The predicted octanol–water partition coefficient (Wildman–Crippen LogP) is 4.21. The molecule has 7 nitrogen and oxygen atoms in total. The molecule has 1 aliphatic rings. The number of methoxy groups -OCH3 is 2. The number of rotatable bonds is 11. The Morgan fingerprint density at radius 3 is 2.54 bits per heavy atom. The van der Waals surface area contributed by atoms with Gasteiger partial charge in [0.05, 0.1) is 40.1 Å². The molecular weight excluding hydrogens is 444 g/mol. The van der Waals surface area contributed by atoms with E-state index in [1.165, 1.54) is 0 Å². The topological polar surface area (TPSA) is 69.3 Å². The van der Waals surface area contributed by atoms with Crippen molar-refractivity contribution in [2.75, 3.05) is 53.7 Å². The third-order valence-corrected chi connectivity index (χ3v) is 6.33. The van der Waals surface area contributed by atoms with Crippen LogP contribution in [0.3, 0.4) is 0 Å². The maximum atomic E-state index is 12.7. The SMILES string of the molecule is COc1ccc(C(CNC(=O)CCCOc2cccc3ccccc23)N2CCOCC2)cc1OC. The standard InChI is InChI=1S/C28H34N2O5/c1-32-26-13-12-22(19-27(26)33-2)24(30-14-17-34-18-15-30)20-29-28(31)11-6-16-35-25-10-5-8-21-7-3-4-9-23(21)25/h3-5,7-10,12-13,19,24H,6,11,14-18,20H2,1-2H3,(H,29,31). The number of benzene rings is 3. The van der Waals surface area contributed by atoms with E-state index in [4.69, 9.17) is 18.9 Å². The van der Waals surface area contributed by atoms with E-state index in [0.717, 1.165) is 35.2 Å². The van der Waals surface area contributed by atoms with Crippen LogP contribution in [-0.4, -0.2) is 64.5 Å². The summed E-state index contributed by atoms with van der Waals surface area (Å²) < 4.78 is 22.4. The highest BCUT2D eigenvalue weighted by molar-refractivity contribution is 5.88. The summed E-state index contributed by atoms with van der Waals surface area (Å²) in [6, 6.07) is 20.1. The van der Waals surface area contributed by atoms with Crippen LogP contribution in [0.15, 0.2) is 60.7 Å². The number of carbonyl (C=O) groups is 1. The number of hydrogen-bond acceptors (Lipinski definition) is 6. The minimum Gasteiger partial charge on any atom is -0.493 e. The Kier molecular flexibility index (Phi) is 8.81. The first kappa shape index (κ1) is 24.8. The van der Waals surface area contributed by atoms with Crippen molar-refractivity contribution in [1.82, 2.24) is 10.2 Å². The first-order valence-electron chi connectivity index (χ1n) is 12.1. The Labute approximate surface area is 206 Å². The number of hydrogen-bond donors (Lipinski definition) is 1. The van der Waals surface area contributed by atoms with Crippen molar-refractivity contribution in [3.8, 4) is 17.2 Å². The van der Waals surface area contributed by atoms with Gasteiger partial charge in [-0.15, -0.1) is 0 Å². The van der Waals surface area contributed by atoms with Crippen LogP contribution < -0.4 is 19.5 Å². The van der Waals surface area contributed by atoms with E-state index in [-0.39, 0.29) is 11.9 Å². The third-order valence-electron chi connectivity index (χ3n) is 6.33. The summed E-state index contributed by atoms with van der Waals surface area (Å²) in [7, 11) is 3.26. The molecule has 35 heavy (non-hydrogen) atoms. The molecule has 0 aliphatic carbocycles. The highest BCUT2D eigenvalue weighted by Crippen LogP contribution is 2.32. The maximum Gasteiger partial charge on any atom is 0.220 e. The summed E-state index contributed by atoms with van der Waals surface area (Å²) in [5.41, 5.74) is 1.07. The molecule has 186 valence electrons. The Hall–Kier alpha value is -3.29. The summed E-state index contributed by atoms with van der Waals surface area (Å²) in [6.45, 7) is 4.00. The second-order valence-corrected chi connectivity index (χ2v) is 8.51. The van der Waals surface area contributed by atoms with Gasteiger partial charge < -0.3 is 24.3 Å². The van der Waals surface area contributed by atoms with Crippen molar-refractivity contribution in [3.05, 3.63) is 66.2 Å². The van der Waals surface area contributed by atoms with Crippen LogP contribution in [-0.2, 0) is 9.53 Å². The molecule has 1 heterocycles. The summed E-state index contributed by atoms with van der Waals surface area (Å²) >= 11 is 0. The van der Waals surface area contributed by atoms with E-state index in [1.54, 1.807) is 14.2 Å². The number of nitrogens with zero attached hydrogens (tertiary/aromatic N) is 1. The zero-order valence-electron chi connectivity index (χ0n) is 20.5. The molecule has 7 heteroatoms. The lowest BCUT2D eigenvalue weighted by Crippen LogP contribution is -2.43. The van der Waals surface area contributed by atoms with Gasteiger partial charge in [-0.1, -0.05) is 42.5 Å². The highest BCUT2D eigenvalue weighted by Gasteiger charge is 2.24. The van der Waals surface area contributed by atoms with Gasteiger partial charge in [0.2, 0.25) is 5.91 Å². The van der Waals surface area contributed by atoms with Crippen LogP contribution in [0.5, 0.6) is 17.2 Å². The molecule has 0 saturated carbocycles. The average Bonchev–Trinajstić information content (AvgIpc) is 2.91. The fourth-order valence-corrected chi connectivity index (χ4v) is 4.44. The Morgan fingerprint density at radius 2 is 1.74 bits per heavy atom. The van der Waals surface area contributed by atoms with E-state index in [1.807, 2.05) is 42.5 Å². The second-order valence-electron chi connectivity index (χ2n) is 8.51. The largest absolute Gasteiger partial charge is 0.493 e. The molecule has 0 spiro atoms. The molecule has 1 N–H and O–H groups in total. The first-order chi connectivity index (χ1) is 17.2. The lowest BCUT2D eigenvalue weighted by molar-refractivity contribution is -0.121. The maximum absolute atomic E-state index is 12.7. The lowest BCUT2D eigenvalue weighted by atomic mass is 10.0. The number of amides is 1. The van der Waals surface area contributed by atoms with Gasteiger partial charge in [0.25, 0.3) is 0 Å². The third kappa shape index (κ3) is 6.44. The van der Waals surface area contributed by atoms with E-state index in [2.05, 4.69) is 28.4 Å². The smallest absolute Gasteiger partial charge is 0.220 e. The Balaban J connectivity index is 1.32. The van der Waals surface area contributed by atoms with Crippen LogP contribution in [0.1, 0.15) is 24.4 Å². The van der Waals surface area contributed by atoms with Gasteiger partial charge in [-0.25, -0.2) is 0 Å². The van der Waals surface area contributed by atoms with Gasteiger partial charge in [-0.2, -0.15) is 0 Å². The summed E-state index contributed by atoms with van der Waals surface area (Å²) in [6.07, 6.45) is 1.06. The fourth-order valence-electron chi connectivity index (χ4n) is 4.44. The summed E-state index contributed by atoms with van der Waals surface area (Å²) in [5.74, 6) is 2.24. The molecule has 4 rings (SSSR count). The zero-order chi connectivity index (χ0) is 24.5. The number of nitrogens with one attached hydrogen (secondary N) is 1. The molecule has 1 amide bonds. The molecule has 3 aromatic rings. The molecule has 1 atom stereocenters. The molecule has 0 radical (unpaired) electrons. The lowest BCUT2D eigenvalue weighted by Gasteiger charge is -2.35. The fraction of sp³-hybridized carbons (Fsp3) is 0.393. The molecule has 1 unspecified atom stereocenters. The summed E-state index contributed by atoms with van der Waals surface area (Å²) in [4.78, 5) is 15.0. The molecule has 1 fully saturated rings. The van der Waals surface area contributed by atoms with Crippen LogP contribution >= 0.6 is 0 Å². The number of fused-ring (bicyclic) bond motifs is 1. The van der Waals surface area contributed by atoms with Crippen molar-refractivity contribution in [1.29, 1.82) is 0 Å². The minimum atomic E-state index is 0.0188. The van der Waals surface area contributed by atoms with Crippen molar-refractivity contribution in [2.24, 2.45) is 0 Å². The van der Waals surface area contributed by atoms with E-state index in [9.17, 15) is 4.79 Å². The quantitative estimate of drug-likeness (QED) is 0.417. The monoisotopic (exact) mass is 478 g/mol. The van der Waals surface area contributed by atoms with Gasteiger partial charge in [0.15, 0.2) is 11.5 Å². The molecule has 3 aromatic carbocycles. The zero-order valence-corrected chi connectivity index (χ0v) is 20.5. The van der Waals surface area contributed by atoms with E-state index < -0.39 is 0 Å². The second kappa shape index (κ2) is 12.4. The van der Waals surface area contributed by atoms with Gasteiger partial charge in [-0.05, 0) is 35.6 Å². The van der Waals surface area contributed by atoms with Crippen molar-refractivity contribution in [3.63, 3.8) is 0 Å². The minimum absolute atomic E-state index is 0.0188. The molecule has 0 aromatic heterocycles. The van der Waals surface area contributed by atoms with Crippen molar-refractivity contribution in [2.45, 2.75) is 18.9 Å². The van der Waals surface area contributed by atoms with Crippen LogP contribution in [0.4, 0.5) is 0 Å².